The van der Waals surface area contributed by atoms with Gasteiger partial charge in [-0.2, -0.15) is 0 Å². The smallest absolute Gasteiger partial charge is 0.267 e. The predicted octanol–water partition coefficient (Wildman–Crippen LogP) is 4.22. The zero-order chi connectivity index (χ0) is 26.8. The lowest BCUT2D eigenvalue weighted by Gasteiger charge is -2.37. The quantitative estimate of drug-likeness (QED) is 0.238. The second-order valence-electron chi connectivity index (χ2n) is 9.17. The highest BCUT2D eigenvalue weighted by Gasteiger charge is 2.33. The normalized spacial score (nSPS) is 17.3. The van der Waals surface area contributed by atoms with E-state index >= 15 is 0 Å². The van der Waals surface area contributed by atoms with E-state index in [4.69, 9.17) is 33.5 Å². The van der Waals surface area contributed by atoms with E-state index in [9.17, 15) is 9.59 Å². The number of amides is 1. The number of hydrogen-bond donors (Lipinski definition) is 0. The molecule has 11 heteroatoms. The van der Waals surface area contributed by atoms with Crippen LogP contribution in [0.25, 0.3) is 11.7 Å². The highest BCUT2D eigenvalue weighted by Crippen LogP contribution is 2.34. The number of rotatable bonds is 7. The third-order valence-electron chi connectivity index (χ3n) is 6.70. The minimum Gasteiger partial charge on any atom is -0.385 e. The summed E-state index contributed by atoms with van der Waals surface area (Å²) in [5.41, 5.74) is 2.75. The summed E-state index contributed by atoms with van der Waals surface area (Å²) in [5.74, 6) is 0.390. The maximum atomic E-state index is 13.8. The molecule has 0 bridgehead atoms. The summed E-state index contributed by atoms with van der Waals surface area (Å²) in [4.78, 5) is 38.3. The second kappa shape index (κ2) is 11.4. The predicted molar refractivity (Wildman–Crippen MR) is 158 cm³/mol. The van der Waals surface area contributed by atoms with Gasteiger partial charge in [0, 0.05) is 63.3 Å². The van der Waals surface area contributed by atoms with Gasteiger partial charge in [0.2, 0.25) is 0 Å². The van der Waals surface area contributed by atoms with Gasteiger partial charge in [0.05, 0.1) is 10.5 Å². The van der Waals surface area contributed by atoms with Gasteiger partial charge in [-0.3, -0.25) is 18.9 Å². The number of piperazine rings is 1. The maximum absolute atomic E-state index is 13.8. The van der Waals surface area contributed by atoms with Crippen LogP contribution < -0.4 is 15.4 Å². The Morgan fingerprint density at radius 3 is 2.63 bits per heavy atom. The molecule has 198 valence electrons. The van der Waals surface area contributed by atoms with Crippen molar-refractivity contribution < 1.29 is 9.53 Å². The monoisotopic (exact) mass is 569 g/mol. The lowest BCUT2D eigenvalue weighted by Crippen LogP contribution is -2.47. The molecule has 8 nitrogen and oxygen atoms in total. The molecule has 2 aliphatic heterocycles. The van der Waals surface area contributed by atoms with Crippen molar-refractivity contribution in [3.63, 3.8) is 0 Å². The van der Waals surface area contributed by atoms with Crippen LogP contribution in [0, 0.1) is 6.92 Å². The Kier molecular flexibility index (Phi) is 8.04. The molecule has 2 aromatic heterocycles. The molecule has 0 saturated carbocycles. The number of anilines is 2. The van der Waals surface area contributed by atoms with Crippen LogP contribution in [-0.4, -0.2) is 71.0 Å². The van der Waals surface area contributed by atoms with Crippen LogP contribution in [-0.2, 0) is 9.53 Å². The zero-order valence-electron chi connectivity index (χ0n) is 21.2. The topological polar surface area (TPSA) is 70.4 Å². The summed E-state index contributed by atoms with van der Waals surface area (Å²) in [6, 6.07) is 11.6. The molecule has 4 heterocycles. The third kappa shape index (κ3) is 5.31. The molecule has 2 aliphatic rings. The first kappa shape index (κ1) is 26.7. The highest BCUT2D eigenvalue weighted by atomic mass is 35.5. The van der Waals surface area contributed by atoms with Crippen LogP contribution in [0.2, 0.25) is 5.02 Å². The van der Waals surface area contributed by atoms with Crippen molar-refractivity contribution in [1.29, 1.82) is 0 Å². The molecule has 0 radical (unpaired) electrons. The van der Waals surface area contributed by atoms with Gasteiger partial charge in [-0.25, -0.2) is 4.98 Å². The average Bonchev–Trinajstić information content (AvgIpc) is 3.18. The van der Waals surface area contributed by atoms with Crippen molar-refractivity contribution >= 4 is 69.0 Å². The number of nitrogens with zero attached hydrogens (tertiary/aromatic N) is 5. The minimum absolute atomic E-state index is 0.193. The number of carbonyl (C=O) groups is 1. The largest absolute Gasteiger partial charge is 0.385 e. The van der Waals surface area contributed by atoms with Gasteiger partial charge >= 0.3 is 0 Å². The molecular formula is C27H28ClN5O3S2. The van der Waals surface area contributed by atoms with Crippen LogP contribution in [0.1, 0.15) is 17.5 Å². The van der Waals surface area contributed by atoms with Crippen molar-refractivity contribution in [2.75, 3.05) is 56.2 Å². The van der Waals surface area contributed by atoms with E-state index < -0.39 is 0 Å². The summed E-state index contributed by atoms with van der Waals surface area (Å²) in [5, 5.41) is 0.700. The molecule has 3 aromatic rings. The molecule has 1 aromatic carbocycles. The lowest BCUT2D eigenvalue weighted by atomic mass is 10.2. The van der Waals surface area contributed by atoms with Gasteiger partial charge in [0.15, 0.2) is 0 Å². The molecule has 5 rings (SSSR count). The van der Waals surface area contributed by atoms with Gasteiger partial charge in [0.25, 0.3) is 11.5 Å². The van der Waals surface area contributed by atoms with Crippen LogP contribution in [0.15, 0.2) is 52.3 Å². The number of aromatic nitrogens is 2. The summed E-state index contributed by atoms with van der Waals surface area (Å²) in [6.45, 7) is 5.78. The van der Waals surface area contributed by atoms with Crippen molar-refractivity contribution in [1.82, 2.24) is 14.3 Å². The number of pyridine rings is 1. The Morgan fingerprint density at radius 2 is 1.89 bits per heavy atom. The Morgan fingerprint density at radius 1 is 1.13 bits per heavy atom. The van der Waals surface area contributed by atoms with Crippen molar-refractivity contribution in [3.8, 4) is 0 Å². The fourth-order valence-corrected chi connectivity index (χ4v) is 6.18. The number of halogens is 1. The summed E-state index contributed by atoms with van der Waals surface area (Å²) < 4.78 is 7.15. The van der Waals surface area contributed by atoms with Gasteiger partial charge in [0.1, 0.15) is 15.8 Å². The Balaban J connectivity index is 1.50. The van der Waals surface area contributed by atoms with Crippen molar-refractivity contribution in [2.24, 2.45) is 0 Å². The number of aryl methyl sites for hydroxylation is 1. The number of thiocarbonyl (C=S) groups is 1. The van der Waals surface area contributed by atoms with E-state index in [0.717, 1.165) is 24.3 Å². The zero-order valence-corrected chi connectivity index (χ0v) is 23.6. The molecule has 0 unspecified atom stereocenters. The van der Waals surface area contributed by atoms with Gasteiger partial charge in [-0.15, -0.1) is 0 Å². The fourth-order valence-electron chi connectivity index (χ4n) is 4.71. The van der Waals surface area contributed by atoms with E-state index in [-0.39, 0.29) is 11.5 Å². The van der Waals surface area contributed by atoms with Crippen molar-refractivity contribution in [2.45, 2.75) is 13.3 Å². The van der Waals surface area contributed by atoms with E-state index in [1.165, 1.54) is 11.8 Å². The van der Waals surface area contributed by atoms with E-state index in [2.05, 4.69) is 9.80 Å². The number of methoxy groups -OCH3 is 1. The Bertz CT molecular complexity index is 1480. The van der Waals surface area contributed by atoms with E-state index in [1.807, 2.05) is 43.3 Å². The highest BCUT2D eigenvalue weighted by molar-refractivity contribution is 8.26. The third-order valence-corrected chi connectivity index (χ3v) is 8.31. The van der Waals surface area contributed by atoms with Gasteiger partial charge in [-0.05, 0) is 49.2 Å². The molecule has 2 saturated heterocycles. The minimum atomic E-state index is -0.212. The Labute approximate surface area is 235 Å². The number of hydrogen-bond acceptors (Lipinski definition) is 8. The van der Waals surface area contributed by atoms with Crippen molar-refractivity contribution in [3.05, 3.63) is 74.0 Å². The first-order valence-corrected chi connectivity index (χ1v) is 14.0. The molecule has 38 heavy (non-hydrogen) atoms. The lowest BCUT2D eigenvalue weighted by molar-refractivity contribution is -0.122. The summed E-state index contributed by atoms with van der Waals surface area (Å²) >= 11 is 12.9. The first-order chi connectivity index (χ1) is 18.4. The van der Waals surface area contributed by atoms with E-state index in [1.54, 1.807) is 28.7 Å². The van der Waals surface area contributed by atoms with Crippen LogP contribution in [0.5, 0.6) is 0 Å². The number of ether oxygens (including phenoxy) is 1. The molecular weight excluding hydrogens is 542 g/mol. The maximum Gasteiger partial charge on any atom is 0.267 e. The second-order valence-corrected chi connectivity index (χ2v) is 11.3. The van der Waals surface area contributed by atoms with Gasteiger partial charge in [-0.1, -0.05) is 47.7 Å². The number of thioether (sulfide) groups is 1. The number of fused-ring (bicyclic) bond motifs is 1. The number of carbonyl (C=O) groups excluding carboxylic acids is 1. The molecule has 0 aliphatic carbocycles. The molecule has 0 atom stereocenters. The Hall–Kier alpha value is -2.92. The van der Waals surface area contributed by atoms with Crippen LogP contribution in [0.4, 0.5) is 11.5 Å². The van der Waals surface area contributed by atoms with Crippen LogP contribution >= 0.6 is 35.6 Å². The molecule has 0 spiro atoms. The number of benzene rings is 1. The fraction of sp³-hybridized carbons (Fsp3) is 0.333. The molecule has 0 N–H and O–H groups in total. The van der Waals surface area contributed by atoms with Crippen LogP contribution in [0.3, 0.4) is 0 Å². The summed E-state index contributed by atoms with van der Waals surface area (Å²) in [7, 11) is 1.63. The molecule has 2 fully saturated rings. The van der Waals surface area contributed by atoms with Gasteiger partial charge < -0.3 is 14.5 Å². The molecule has 1 amide bonds. The van der Waals surface area contributed by atoms with E-state index in [0.29, 0.717) is 63.9 Å². The average molecular weight is 570 g/mol. The standard InChI is InChI=1S/C27H28ClN5O3S2/c1-18-6-4-9-32-23(18)29-24(31-13-11-30(12-14-31)20-8-3-7-19(28)16-20)21(25(32)34)17-22-26(35)33(27(37)38-22)10-5-15-36-2/h3-4,6-9,16-17H,5,10-15H2,1-2H3. The first-order valence-electron chi connectivity index (χ1n) is 12.4. The SMILES string of the molecule is COCCCN1C(=O)C(=Cc2c(N3CCN(c4cccc(Cl)c4)CC3)nc3c(C)cccn3c2=O)SC1=S. The summed E-state index contributed by atoms with van der Waals surface area (Å²) in [6.07, 6.45) is 4.06.